The number of nitrogens with one attached hydrogen (secondary N) is 6. The maximum atomic E-state index is 11.7. The first kappa shape index (κ1) is 40.1. The maximum Gasteiger partial charge on any atom is 0.254 e. The summed E-state index contributed by atoms with van der Waals surface area (Å²) in [5, 5.41) is 48.2. The monoisotopic (exact) mass is 976 g/mol. The van der Waals surface area contributed by atoms with E-state index in [1.54, 1.807) is 13.8 Å². The number of aliphatic hydroxyl groups is 3. The van der Waals surface area contributed by atoms with Crippen molar-refractivity contribution in [2.24, 2.45) is 35.0 Å². The lowest BCUT2D eigenvalue weighted by molar-refractivity contribution is 0.0737. The van der Waals surface area contributed by atoms with Crippen LogP contribution in [0.15, 0.2) is 18.6 Å². The van der Waals surface area contributed by atoms with Crippen LogP contribution >= 0.6 is 0 Å². The Balaban J connectivity index is 0.000000261. The Labute approximate surface area is 424 Å². The minimum absolute atomic E-state index is 0.00121. The molecule has 0 radical (unpaired) electrons. The van der Waals surface area contributed by atoms with Crippen molar-refractivity contribution in [3.8, 4) is 0 Å². The SMILES string of the molecule is [2H]C1C(O)C(C)C([2H])([2H])C([2H])C1Nc1nc(NC(C)(C)C)ncc1C(N)=O.[2H]C1C(O)C(C)C([2H])C([2H])([2H])C1Nc1nc(NC(C)(C)C)ncc1C(N)=O.[2H]C1C([2H])C(Nc2nc(NC(C)(C)C)ncc2C(N)=O)C([2H])([2H])C(O)C1C. The number of primary amides is 3. The molecule has 0 aromatic carbocycles. The molecule has 3 aromatic rings. The van der Waals surface area contributed by atoms with Gasteiger partial charge in [0.2, 0.25) is 17.8 Å². The number of carbonyl (C=O) groups excluding carboxylic acids is 3. The number of amides is 3. The van der Waals surface area contributed by atoms with Crippen LogP contribution in [0.1, 0.15) is 188 Å². The van der Waals surface area contributed by atoms with Gasteiger partial charge in [-0.25, -0.2) is 15.0 Å². The number of nitrogens with zero attached hydrogens (tertiary/aromatic N) is 6. The summed E-state index contributed by atoms with van der Waals surface area (Å²) in [6.07, 6.45) is -13.8. The third kappa shape index (κ3) is 18.3. The standard InChI is InChI=1S/3C16H27N5O2/c3*1-9-5-6-10(7-12(9)22)19-14-11(13(17)23)8-18-15(20-14)21-16(2,3)4/h3*8-10,12,22H,5-7H2,1-4H3,(H2,17,23)(H2,18,19,20,21)/i5D2,6D,7D;5D,6D2,7D;5D,6D,7D2. The molecule has 69 heavy (non-hydrogen) atoms. The van der Waals surface area contributed by atoms with Crippen LogP contribution in [0.5, 0.6) is 0 Å². The number of aliphatic hydroxyl groups excluding tert-OH is 3. The number of carbonyl (C=O) groups is 3. The number of aromatic nitrogens is 6. The van der Waals surface area contributed by atoms with Crippen LogP contribution in [-0.2, 0) is 0 Å². The van der Waals surface area contributed by atoms with Crippen LogP contribution in [0, 0.1) is 17.8 Å². The number of rotatable bonds is 12. The largest absolute Gasteiger partial charge is 0.393 e. The van der Waals surface area contributed by atoms with Crippen molar-refractivity contribution >= 4 is 53.0 Å². The van der Waals surface area contributed by atoms with E-state index in [4.69, 9.17) is 33.7 Å². The van der Waals surface area contributed by atoms with Crippen molar-refractivity contribution in [1.29, 1.82) is 0 Å². The lowest BCUT2D eigenvalue weighted by Gasteiger charge is -2.32. The van der Waals surface area contributed by atoms with Gasteiger partial charge < -0.3 is 64.4 Å². The summed E-state index contributed by atoms with van der Waals surface area (Å²) in [6.45, 7) is 21.7. The van der Waals surface area contributed by atoms with Gasteiger partial charge in [-0.3, -0.25) is 14.4 Å². The third-order valence-electron chi connectivity index (χ3n) is 9.89. The van der Waals surface area contributed by atoms with E-state index in [0.717, 1.165) is 0 Å². The van der Waals surface area contributed by atoms with Crippen molar-refractivity contribution in [3.63, 3.8) is 0 Å². The molecule has 21 heteroatoms. The molecule has 3 aliphatic rings. The van der Waals surface area contributed by atoms with Gasteiger partial charge in [0.25, 0.3) is 17.7 Å². The van der Waals surface area contributed by atoms with Crippen molar-refractivity contribution in [2.45, 2.75) is 194 Å². The zero-order valence-corrected chi connectivity index (χ0v) is 41.4. The van der Waals surface area contributed by atoms with Gasteiger partial charge in [-0.1, -0.05) is 20.8 Å². The fourth-order valence-corrected chi connectivity index (χ4v) is 6.28. The Kier molecular flexibility index (Phi) is 13.8. The molecule has 6 rings (SSSR count). The first-order chi connectivity index (χ1) is 36.8. The Hall–Kier alpha value is -5.67. The molecule has 15 unspecified atom stereocenters. The van der Waals surface area contributed by atoms with Gasteiger partial charge in [-0.15, -0.1) is 0 Å². The zero-order chi connectivity index (χ0) is 62.2. The summed E-state index contributed by atoms with van der Waals surface area (Å²) in [6, 6.07) is -3.62. The molecule has 15 N–H and O–H groups in total. The molecule has 3 heterocycles. The third-order valence-corrected chi connectivity index (χ3v) is 9.89. The van der Waals surface area contributed by atoms with Gasteiger partial charge in [-0.2, -0.15) is 15.0 Å². The van der Waals surface area contributed by atoms with Crippen LogP contribution < -0.4 is 49.1 Å². The molecule has 0 spiro atoms. The summed E-state index contributed by atoms with van der Waals surface area (Å²) in [4.78, 5) is 60.0. The van der Waals surface area contributed by atoms with E-state index in [2.05, 4.69) is 61.8 Å². The summed E-state index contributed by atoms with van der Waals surface area (Å²) < 4.78 is 98.4. The van der Waals surface area contributed by atoms with Crippen LogP contribution in [0.25, 0.3) is 0 Å². The van der Waals surface area contributed by atoms with E-state index in [-0.39, 0.29) is 68.6 Å². The molecule has 0 bridgehead atoms. The number of nitrogens with two attached hydrogens (primary N) is 3. The number of anilines is 6. The molecule has 15 atom stereocenters. The Morgan fingerprint density at radius 1 is 0.522 bits per heavy atom. The first-order valence-corrected chi connectivity index (χ1v) is 22.5. The molecule has 3 amide bonds. The fourth-order valence-electron chi connectivity index (χ4n) is 6.28. The van der Waals surface area contributed by atoms with E-state index in [1.807, 2.05) is 62.3 Å². The van der Waals surface area contributed by atoms with E-state index in [1.165, 1.54) is 25.5 Å². The first-order valence-electron chi connectivity index (χ1n) is 29.0. The summed E-state index contributed by atoms with van der Waals surface area (Å²) in [5.74, 6) is -4.17. The molecule has 384 valence electrons. The molecule has 3 saturated carbocycles. The number of hydrogen-bond donors (Lipinski definition) is 12. The van der Waals surface area contributed by atoms with E-state index in [9.17, 15) is 29.7 Å². The normalized spacial score (nSPS) is 36.1. The lowest BCUT2D eigenvalue weighted by atomic mass is 9.85. The second-order valence-corrected chi connectivity index (χ2v) is 20.0. The van der Waals surface area contributed by atoms with Gasteiger partial charge in [0, 0.05) is 69.8 Å². The van der Waals surface area contributed by atoms with Crippen molar-refractivity contribution in [1.82, 2.24) is 29.9 Å². The molecule has 0 aliphatic heterocycles. The van der Waals surface area contributed by atoms with Gasteiger partial charge in [0.05, 0.1) is 35.0 Å². The van der Waals surface area contributed by atoms with Gasteiger partial charge in [0.1, 0.15) is 17.5 Å². The Bertz CT molecular complexity index is 2590. The highest BCUT2D eigenvalue weighted by atomic mass is 16.3. The minimum atomic E-state index is -2.21. The molecular weight excluding hydrogens is 883 g/mol. The quantitative estimate of drug-likeness (QED) is 0.110. The molecule has 3 aliphatic carbocycles. The van der Waals surface area contributed by atoms with E-state index < -0.39 is 129 Å². The predicted octanol–water partition coefficient (Wildman–Crippen LogP) is 5.24. The smallest absolute Gasteiger partial charge is 0.254 e. The predicted molar refractivity (Wildman–Crippen MR) is 271 cm³/mol. The maximum absolute atomic E-state index is 11.7. The summed E-state index contributed by atoms with van der Waals surface area (Å²) in [7, 11) is 0. The Morgan fingerprint density at radius 2 is 0.884 bits per heavy atom. The van der Waals surface area contributed by atoms with Crippen LogP contribution in [0.4, 0.5) is 35.3 Å². The highest BCUT2D eigenvalue weighted by molar-refractivity contribution is 5.98. The van der Waals surface area contributed by atoms with Gasteiger partial charge >= 0.3 is 0 Å². The average Bonchev–Trinajstić information content (AvgIpc) is 3.40. The van der Waals surface area contributed by atoms with Crippen LogP contribution in [-0.4, -0.2) is 116 Å². The highest BCUT2D eigenvalue weighted by Crippen LogP contribution is 2.30. The summed E-state index contributed by atoms with van der Waals surface area (Å²) in [5.41, 5.74) is 14.9. The molecular formula is C48H81N15O6. The Morgan fingerprint density at radius 3 is 1.29 bits per heavy atom. The molecule has 3 fully saturated rings. The molecule has 0 saturated heterocycles. The zero-order valence-electron chi connectivity index (χ0n) is 53.4. The molecule has 21 nitrogen and oxygen atoms in total. The van der Waals surface area contributed by atoms with Crippen LogP contribution in [0.2, 0.25) is 0 Å². The van der Waals surface area contributed by atoms with E-state index >= 15 is 0 Å². The van der Waals surface area contributed by atoms with Crippen molar-refractivity contribution in [2.75, 3.05) is 31.9 Å². The average molecular weight is 976 g/mol. The topological polar surface area (TPSA) is 339 Å². The lowest BCUT2D eigenvalue weighted by Crippen LogP contribution is -2.36. The minimum Gasteiger partial charge on any atom is -0.393 e. The van der Waals surface area contributed by atoms with Crippen molar-refractivity contribution < 1.29 is 46.2 Å². The van der Waals surface area contributed by atoms with Crippen molar-refractivity contribution in [3.05, 3.63) is 35.3 Å². The van der Waals surface area contributed by atoms with E-state index in [0.29, 0.717) is 0 Å². The molecule has 3 aromatic heterocycles. The highest BCUT2D eigenvalue weighted by Gasteiger charge is 2.30. The van der Waals surface area contributed by atoms with Crippen LogP contribution in [0.3, 0.4) is 0 Å². The second-order valence-electron chi connectivity index (χ2n) is 20.0. The van der Waals surface area contributed by atoms with Gasteiger partial charge in [0.15, 0.2) is 0 Å². The second kappa shape index (κ2) is 23.8. The fraction of sp³-hybridized carbons (Fsp3) is 0.688. The summed E-state index contributed by atoms with van der Waals surface area (Å²) >= 11 is 0. The number of hydrogen-bond acceptors (Lipinski definition) is 18. The van der Waals surface area contributed by atoms with Gasteiger partial charge in [-0.05, 0) is 138 Å².